The molecule has 2 aliphatic rings. The predicted molar refractivity (Wildman–Crippen MR) is 128 cm³/mol. The van der Waals surface area contributed by atoms with Crippen molar-refractivity contribution < 1.29 is 9.84 Å². The summed E-state index contributed by atoms with van der Waals surface area (Å²) in [6, 6.07) is 1.93. The fourth-order valence-electron chi connectivity index (χ4n) is 4.53. The zero-order chi connectivity index (χ0) is 23.0. The van der Waals surface area contributed by atoms with Crippen LogP contribution in [0.5, 0.6) is 0 Å². The predicted octanol–water partition coefficient (Wildman–Crippen LogP) is 2.88. The molecule has 0 amide bonds. The number of aliphatic hydroxyl groups is 1. The molecule has 2 atom stereocenters. The first-order valence-electron chi connectivity index (χ1n) is 10.9. The number of aromatic nitrogens is 3. The monoisotopic (exact) mass is 478 g/mol. The van der Waals surface area contributed by atoms with Crippen LogP contribution >= 0.6 is 23.4 Å². The van der Waals surface area contributed by atoms with Gasteiger partial charge in [0, 0.05) is 49.7 Å². The number of hydrogen-bond donors (Lipinski definition) is 2. The van der Waals surface area contributed by atoms with Crippen molar-refractivity contribution in [2.75, 3.05) is 43.6 Å². The van der Waals surface area contributed by atoms with Gasteiger partial charge in [0.25, 0.3) is 0 Å². The van der Waals surface area contributed by atoms with Crippen LogP contribution in [0, 0.1) is 12.3 Å². The summed E-state index contributed by atoms with van der Waals surface area (Å²) in [4.78, 5) is 18.9. The second-order valence-corrected chi connectivity index (χ2v) is 10.3. The molecule has 174 valence electrons. The summed E-state index contributed by atoms with van der Waals surface area (Å²) in [6.07, 6.45) is 3.72. The first-order valence-corrected chi connectivity index (χ1v) is 12.1. The van der Waals surface area contributed by atoms with Crippen LogP contribution in [0.25, 0.3) is 0 Å². The van der Waals surface area contributed by atoms with Gasteiger partial charge in [-0.3, -0.25) is 0 Å². The van der Waals surface area contributed by atoms with Gasteiger partial charge in [-0.1, -0.05) is 23.4 Å². The number of anilines is 2. The number of nitrogens with two attached hydrogens (primary N) is 1. The van der Waals surface area contributed by atoms with E-state index in [1.807, 2.05) is 32.0 Å². The summed E-state index contributed by atoms with van der Waals surface area (Å²) < 4.78 is 5.84. The number of pyridine rings is 1. The van der Waals surface area contributed by atoms with Gasteiger partial charge < -0.3 is 25.4 Å². The summed E-state index contributed by atoms with van der Waals surface area (Å²) >= 11 is 8.00. The number of nitrogens with zero attached hydrogens (tertiary/aromatic N) is 5. The highest BCUT2D eigenvalue weighted by atomic mass is 35.5. The Morgan fingerprint density at radius 2 is 2.06 bits per heavy atom. The smallest absolute Gasteiger partial charge is 0.153 e. The molecule has 4 rings (SSSR count). The summed E-state index contributed by atoms with van der Waals surface area (Å²) in [7, 11) is 3.81. The van der Waals surface area contributed by atoms with E-state index in [-0.39, 0.29) is 24.2 Å². The van der Waals surface area contributed by atoms with E-state index in [0.717, 1.165) is 54.0 Å². The van der Waals surface area contributed by atoms with E-state index >= 15 is 0 Å². The van der Waals surface area contributed by atoms with Crippen molar-refractivity contribution in [2.24, 2.45) is 11.1 Å². The van der Waals surface area contributed by atoms with E-state index in [9.17, 15) is 5.11 Å². The maximum Gasteiger partial charge on any atom is 0.153 e. The number of aryl methyl sites for hydroxylation is 1. The quantitative estimate of drug-likeness (QED) is 0.671. The maximum absolute atomic E-state index is 10.1. The Labute approximate surface area is 198 Å². The molecular formula is C22H31ClN6O2S. The molecule has 8 nitrogen and oxygen atoms in total. The van der Waals surface area contributed by atoms with Crippen LogP contribution in [0.4, 0.5) is 11.6 Å². The minimum atomic E-state index is -0.176. The molecular weight excluding hydrogens is 448 g/mol. The highest BCUT2D eigenvalue weighted by Crippen LogP contribution is 2.43. The molecule has 2 aromatic heterocycles. The lowest BCUT2D eigenvalue weighted by Crippen LogP contribution is -2.51. The lowest BCUT2D eigenvalue weighted by Gasteiger charge is -2.42. The van der Waals surface area contributed by atoms with Crippen LogP contribution in [-0.2, 0) is 11.3 Å². The van der Waals surface area contributed by atoms with Crippen molar-refractivity contribution in [2.45, 2.75) is 55.4 Å². The molecule has 4 heterocycles. The highest BCUT2D eigenvalue weighted by Gasteiger charge is 2.47. The number of halogens is 1. The second kappa shape index (κ2) is 9.30. The van der Waals surface area contributed by atoms with Crippen molar-refractivity contribution in [3.05, 3.63) is 28.7 Å². The number of rotatable bonds is 5. The van der Waals surface area contributed by atoms with E-state index < -0.39 is 0 Å². The van der Waals surface area contributed by atoms with Crippen molar-refractivity contribution >= 4 is 35.0 Å². The van der Waals surface area contributed by atoms with Gasteiger partial charge in [-0.2, -0.15) is 0 Å². The van der Waals surface area contributed by atoms with Gasteiger partial charge in [-0.25, -0.2) is 15.0 Å². The van der Waals surface area contributed by atoms with E-state index in [1.165, 1.54) is 11.8 Å². The molecule has 0 unspecified atom stereocenters. The molecule has 1 spiro atoms. The summed E-state index contributed by atoms with van der Waals surface area (Å²) in [6.45, 7) is 6.18. The molecule has 32 heavy (non-hydrogen) atoms. The Balaban J connectivity index is 1.56. The maximum atomic E-state index is 10.1. The molecule has 2 aromatic rings. The van der Waals surface area contributed by atoms with Crippen LogP contribution in [-0.4, -0.2) is 66.0 Å². The lowest BCUT2D eigenvalue weighted by molar-refractivity contribution is 0.0973. The molecule has 2 saturated heterocycles. The Hall–Kier alpha value is -1.65. The second-order valence-electron chi connectivity index (χ2n) is 8.88. The number of ether oxygens (including phenoxy) is 1. The molecule has 0 radical (unpaired) electrons. The largest absolute Gasteiger partial charge is 0.390 e. The van der Waals surface area contributed by atoms with Crippen molar-refractivity contribution in [1.82, 2.24) is 15.0 Å². The standard InChI is InChI=1S/C22H31ClN6O2S/c1-13-21(32-16-5-8-25-20(17(16)23)28(3)4)27-15(11-30)19(26-13)29-9-6-22(7-10-29)12-31-14(2)18(22)24/h5,8,14,18,30H,6-7,9-12,24H2,1-4H3/t14-,18+/m0/s1. The van der Waals surface area contributed by atoms with Gasteiger partial charge in [-0.05, 0) is 32.8 Å². The molecule has 3 N–H and O–H groups in total. The van der Waals surface area contributed by atoms with E-state index in [2.05, 4.69) is 16.8 Å². The van der Waals surface area contributed by atoms with Crippen molar-refractivity contribution in [1.29, 1.82) is 0 Å². The van der Waals surface area contributed by atoms with Crippen LogP contribution in [0.2, 0.25) is 5.02 Å². The average molecular weight is 479 g/mol. The van der Waals surface area contributed by atoms with Gasteiger partial charge in [0.2, 0.25) is 0 Å². The topological polar surface area (TPSA) is 101 Å². The molecule has 2 fully saturated rings. The van der Waals surface area contributed by atoms with E-state index in [1.54, 1.807) is 6.20 Å². The van der Waals surface area contributed by atoms with Crippen molar-refractivity contribution in [3.8, 4) is 0 Å². The normalized spacial score (nSPS) is 22.5. The van der Waals surface area contributed by atoms with Crippen LogP contribution in [0.3, 0.4) is 0 Å². The third-order valence-corrected chi connectivity index (χ3v) is 8.22. The summed E-state index contributed by atoms with van der Waals surface area (Å²) in [5.74, 6) is 1.45. The summed E-state index contributed by atoms with van der Waals surface area (Å²) in [5, 5.41) is 11.4. The third-order valence-electron chi connectivity index (χ3n) is 6.60. The fraction of sp³-hybridized carbons (Fsp3) is 0.591. The van der Waals surface area contributed by atoms with Gasteiger partial charge >= 0.3 is 0 Å². The zero-order valence-corrected chi connectivity index (χ0v) is 20.6. The third kappa shape index (κ3) is 4.28. The number of aliphatic hydroxyl groups excluding tert-OH is 1. The van der Waals surface area contributed by atoms with Crippen LogP contribution in [0.1, 0.15) is 31.2 Å². The summed E-state index contributed by atoms with van der Waals surface area (Å²) in [5.41, 5.74) is 7.87. The fourth-order valence-corrected chi connectivity index (χ4v) is 5.79. The Morgan fingerprint density at radius 1 is 1.34 bits per heavy atom. The lowest BCUT2D eigenvalue weighted by atomic mass is 9.73. The molecule has 2 aliphatic heterocycles. The first kappa shape index (κ1) is 23.5. The van der Waals surface area contributed by atoms with Gasteiger partial charge in [0.1, 0.15) is 16.5 Å². The molecule has 0 aromatic carbocycles. The Kier molecular flexibility index (Phi) is 6.84. The molecule has 0 saturated carbocycles. The molecule has 0 bridgehead atoms. The Morgan fingerprint density at radius 3 is 2.66 bits per heavy atom. The average Bonchev–Trinajstić information content (AvgIpc) is 3.05. The van der Waals surface area contributed by atoms with Crippen molar-refractivity contribution in [3.63, 3.8) is 0 Å². The number of hydrogen-bond acceptors (Lipinski definition) is 9. The van der Waals surface area contributed by atoms with E-state index in [4.69, 9.17) is 32.0 Å². The van der Waals surface area contributed by atoms with E-state index in [0.29, 0.717) is 16.5 Å². The van der Waals surface area contributed by atoms with Gasteiger partial charge in [0.05, 0.1) is 30.0 Å². The van der Waals surface area contributed by atoms with Gasteiger partial charge in [0.15, 0.2) is 5.82 Å². The minimum Gasteiger partial charge on any atom is -0.390 e. The highest BCUT2D eigenvalue weighted by molar-refractivity contribution is 7.99. The number of piperidine rings is 1. The van der Waals surface area contributed by atoms with Gasteiger partial charge in [-0.15, -0.1) is 0 Å². The SMILES string of the molecule is Cc1nc(N2CCC3(CC2)CO[C@@H](C)[C@H]3N)c(CO)nc1Sc1ccnc(N(C)C)c1Cl. The van der Waals surface area contributed by atoms with Crippen LogP contribution < -0.4 is 15.5 Å². The zero-order valence-electron chi connectivity index (χ0n) is 19.0. The molecule has 0 aliphatic carbocycles. The Bertz CT molecular complexity index is 983. The first-order chi connectivity index (χ1) is 15.3. The molecule has 10 heteroatoms. The van der Waals surface area contributed by atoms with Crippen LogP contribution in [0.15, 0.2) is 22.2 Å². The minimum absolute atomic E-state index is 0.0375.